The maximum absolute atomic E-state index is 6.04. The van der Waals surface area contributed by atoms with E-state index in [1.54, 1.807) is 0 Å². The zero-order valence-corrected chi connectivity index (χ0v) is 29.2. The molecule has 7 aromatic carbocycles. The Morgan fingerprint density at radius 1 is 0.462 bits per heavy atom. The normalized spacial score (nSPS) is 11.5. The summed E-state index contributed by atoms with van der Waals surface area (Å²) in [6, 6.07) is 60.3. The van der Waals surface area contributed by atoms with Crippen LogP contribution in [0.3, 0.4) is 0 Å². The van der Waals surface area contributed by atoms with E-state index in [9.17, 15) is 0 Å². The molecule has 0 N–H and O–H groups in total. The van der Waals surface area contributed by atoms with Crippen molar-refractivity contribution in [1.29, 1.82) is 0 Å². The van der Waals surface area contributed by atoms with Gasteiger partial charge in [0.1, 0.15) is 0 Å². The molecule has 52 heavy (non-hydrogen) atoms. The molecular weight excluding hydrogens is 635 g/mol. The van der Waals surface area contributed by atoms with Gasteiger partial charge in [0.25, 0.3) is 0 Å². The Hall–Kier alpha value is -6.52. The second kappa shape index (κ2) is 13.3. The van der Waals surface area contributed by atoms with Crippen LogP contribution in [0.4, 0.5) is 0 Å². The van der Waals surface area contributed by atoms with Crippen LogP contribution < -0.4 is 0 Å². The molecule has 0 aliphatic rings. The second-order valence-electron chi connectivity index (χ2n) is 13.8. The van der Waals surface area contributed by atoms with E-state index in [1.807, 2.05) is 30.3 Å². The van der Waals surface area contributed by atoms with Gasteiger partial charge in [-0.1, -0.05) is 123 Å². The number of para-hydroxylation sites is 1. The van der Waals surface area contributed by atoms with E-state index in [0.29, 0.717) is 17.7 Å². The van der Waals surface area contributed by atoms with Gasteiger partial charge >= 0.3 is 0 Å². The second-order valence-corrected chi connectivity index (χ2v) is 13.8. The van der Waals surface area contributed by atoms with Crippen molar-refractivity contribution in [3.63, 3.8) is 0 Å². The summed E-state index contributed by atoms with van der Waals surface area (Å²) in [5.74, 6) is 1.61. The predicted molar refractivity (Wildman–Crippen MR) is 214 cm³/mol. The Morgan fingerprint density at radius 2 is 0.942 bits per heavy atom. The third-order valence-corrected chi connectivity index (χ3v) is 9.83. The van der Waals surface area contributed by atoms with Gasteiger partial charge in [0.05, 0.1) is 11.0 Å². The molecular formula is C48H37N3O. The summed E-state index contributed by atoms with van der Waals surface area (Å²) < 4.78 is 8.44. The monoisotopic (exact) mass is 671 g/mol. The standard InChI is InChI=1S/C48H37N3O/c1-32(2)29-33-21-27-45-43(30-33)44-31-37(26-28-46(44)51(45)38-15-7-4-8-16-38)40-18-10-12-20-42(40)41-19-11-9-17-39(41)34-22-24-36(25-23-34)48-50-49-47(52-48)35-13-5-3-6-14-35/h3-28,30-32H,29H2,1-2H3. The molecule has 0 saturated carbocycles. The number of nitrogens with zero attached hydrogens (tertiary/aromatic N) is 3. The summed E-state index contributed by atoms with van der Waals surface area (Å²) in [4.78, 5) is 0. The lowest BCUT2D eigenvalue weighted by Crippen LogP contribution is -1.95. The van der Waals surface area contributed by atoms with E-state index < -0.39 is 0 Å². The van der Waals surface area contributed by atoms with Crippen molar-refractivity contribution >= 4 is 21.8 Å². The van der Waals surface area contributed by atoms with Crippen LogP contribution in [0.1, 0.15) is 19.4 Å². The molecule has 0 fully saturated rings. The van der Waals surface area contributed by atoms with Gasteiger partial charge in [-0.3, -0.25) is 0 Å². The maximum Gasteiger partial charge on any atom is 0.248 e. The molecule has 2 heterocycles. The number of fused-ring (bicyclic) bond motifs is 3. The minimum absolute atomic E-state index is 0.504. The average molecular weight is 672 g/mol. The summed E-state index contributed by atoms with van der Waals surface area (Å²) in [7, 11) is 0. The van der Waals surface area contributed by atoms with E-state index in [4.69, 9.17) is 4.42 Å². The Kier molecular flexibility index (Phi) is 8.05. The van der Waals surface area contributed by atoms with Crippen molar-refractivity contribution in [2.45, 2.75) is 20.3 Å². The van der Waals surface area contributed by atoms with Crippen LogP contribution in [0.25, 0.3) is 83.8 Å². The molecule has 0 radical (unpaired) electrons. The highest BCUT2D eigenvalue weighted by Crippen LogP contribution is 2.41. The van der Waals surface area contributed by atoms with Crippen LogP contribution in [-0.2, 0) is 6.42 Å². The molecule has 0 bridgehead atoms. The van der Waals surface area contributed by atoms with Crippen LogP contribution in [-0.4, -0.2) is 14.8 Å². The fourth-order valence-electron chi connectivity index (χ4n) is 7.46. The molecule has 0 spiro atoms. The first-order valence-electron chi connectivity index (χ1n) is 17.9. The van der Waals surface area contributed by atoms with E-state index in [0.717, 1.165) is 28.7 Å². The van der Waals surface area contributed by atoms with Gasteiger partial charge < -0.3 is 8.98 Å². The van der Waals surface area contributed by atoms with E-state index in [-0.39, 0.29) is 0 Å². The third kappa shape index (κ3) is 5.78. The Balaban J connectivity index is 1.13. The summed E-state index contributed by atoms with van der Waals surface area (Å²) in [6.07, 6.45) is 1.05. The molecule has 4 nitrogen and oxygen atoms in total. The summed E-state index contributed by atoms with van der Waals surface area (Å²) >= 11 is 0. The zero-order valence-electron chi connectivity index (χ0n) is 29.2. The molecule has 250 valence electrons. The van der Waals surface area contributed by atoms with E-state index >= 15 is 0 Å². The smallest absolute Gasteiger partial charge is 0.248 e. The van der Waals surface area contributed by atoms with Gasteiger partial charge in [-0.25, -0.2) is 0 Å². The van der Waals surface area contributed by atoms with Gasteiger partial charge in [0.15, 0.2) is 0 Å². The van der Waals surface area contributed by atoms with Crippen molar-refractivity contribution < 1.29 is 4.42 Å². The van der Waals surface area contributed by atoms with E-state index in [2.05, 4.69) is 168 Å². The molecule has 0 aliphatic carbocycles. The zero-order chi connectivity index (χ0) is 35.0. The Labute approximate surface area is 303 Å². The maximum atomic E-state index is 6.04. The van der Waals surface area contributed by atoms with Gasteiger partial charge in [-0.15, -0.1) is 10.2 Å². The van der Waals surface area contributed by atoms with Crippen molar-refractivity contribution in [3.8, 4) is 62.0 Å². The lowest BCUT2D eigenvalue weighted by molar-refractivity contribution is 0.584. The Bertz CT molecular complexity index is 2670. The van der Waals surface area contributed by atoms with Crippen LogP contribution >= 0.6 is 0 Å². The molecule has 0 amide bonds. The van der Waals surface area contributed by atoms with Crippen molar-refractivity contribution in [2.75, 3.05) is 0 Å². The molecule has 0 unspecified atom stereocenters. The van der Waals surface area contributed by atoms with Crippen LogP contribution in [0.2, 0.25) is 0 Å². The highest BCUT2D eigenvalue weighted by Gasteiger charge is 2.18. The topological polar surface area (TPSA) is 43.9 Å². The van der Waals surface area contributed by atoms with Crippen molar-refractivity contribution in [1.82, 2.24) is 14.8 Å². The first-order chi connectivity index (χ1) is 25.6. The SMILES string of the molecule is CC(C)Cc1ccc2c(c1)c1cc(-c3ccccc3-c3ccccc3-c3ccc(-c4nnc(-c5ccccc5)o4)cc3)ccc1n2-c1ccccc1. The van der Waals surface area contributed by atoms with Crippen LogP contribution in [0.5, 0.6) is 0 Å². The first kappa shape index (κ1) is 31.5. The number of rotatable bonds is 8. The minimum atomic E-state index is 0.504. The van der Waals surface area contributed by atoms with Crippen molar-refractivity contribution in [3.05, 3.63) is 175 Å². The third-order valence-electron chi connectivity index (χ3n) is 9.83. The highest BCUT2D eigenvalue weighted by atomic mass is 16.4. The van der Waals surface area contributed by atoms with Crippen molar-refractivity contribution in [2.24, 2.45) is 5.92 Å². The molecule has 9 aromatic rings. The number of benzene rings is 7. The highest BCUT2D eigenvalue weighted by molar-refractivity contribution is 6.11. The van der Waals surface area contributed by atoms with Gasteiger partial charge in [-0.2, -0.15) is 0 Å². The van der Waals surface area contributed by atoms with Crippen LogP contribution in [0.15, 0.2) is 174 Å². The lowest BCUT2D eigenvalue weighted by Gasteiger charge is -2.15. The quantitative estimate of drug-likeness (QED) is 0.161. The van der Waals surface area contributed by atoms with Gasteiger partial charge in [0.2, 0.25) is 11.8 Å². The Morgan fingerprint density at radius 3 is 1.58 bits per heavy atom. The molecule has 4 heteroatoms. The molecule has 0 atom stereocenters. The predicted octanol–water partition coefficient (Wildman–Crippen LogP) is 12.7. The minimum Gasteiger partial charge on any atom is -0.416 e. The first-order valence-corrected chi connectivity index (χ1v) is 17.9. The summed E-state index contributed by atoms with van der Waals surface area (Å²) in [5.41, 5.74) is 13.8. The number of hydrogen-bond acceptors (Lipinski definition) is 3. The molecule has 9 rings (SSSR count). The average Bonchev–Trinajstić information content (AvgIpc) is 3.82. The molecule has 2 aromatic heterocycles. The molecule has 0 aliphatic heterocycles. The van der Waals surface area contributed by atoms with Gasteiger partial charge in [0, 0.05) is 27.6 Å². The van der Waals surface area contributed by atoms with Crippen LogP contribution in [0, 0.1) is 5.92 Å². The van der Waals surface area contributed by atoms with Gasteiger partial charge in [-0.05, 0) is 112 Å². The summed E-state index contributed by atoms with van der Waals surface area (Å²) in [6.45, 7) is 4.57. The van der Waals surface area contributed by atoms with E-state index in [1.165, 1.54) is 55.3 Å². The largest absolute Gasteiger partial charge is 0.416 e. The lowest BCUT2D eigenvalue weighted by atomic mass is 9.89. The summed E-state index contributed by atoms with van der Waals surface area (Å²) in [5, 5.41) is 11.2. The molecule has 0 saturated heterocycles. The number of aromatic nitrogens is 3. The fraction of sp³-hybridized carbons (Fsp3) is 0.0833. The number of hydrogen-bond donors (Lipinski definition) is 0. The fourth-order valence-corrected chi connectivity index (χ4v) is 7.46.